The third kappa shape index (κ3) is 40.5. The van der Waals surface area contributed by atoms with E-state index in [4.69, 9.17) is 18.9 Å². The van der Waals surface area contributed by atoms with Gasteiger partial charge in [0.2, 0.25) is 0 Å². The molecular weight excluding hydrogens is 897 g/mol. The Bertz CT molecular complexity index is 1340. The standard InChI is InChI=1S/C56H104O12S/c1-3-5-7-9-11-13-15-17-19-21-23-24-25-26-27-28-29-31-33-35-37-39-41-43-45-52(58)66-50(49-65-56-54(60)55(68-69(61,62)63)53(59)51(47-57)67-56)48-64-46-44-42-40-38-36-34-32-30-22-20-18-16-14-12-10-8-6-4-2/h6,8,12,14,18,20,50-51,53-57,59-60H,3-5,7,9-11,13,15-17,19,21-49H2,1-2H3,(H,61,62,63)/b8-6-,14-12-,20-18-. The van der Waals surface area contributed by atoms with Crippen LogP contribution in [0.1, 0.15) is 251 Å². The van der Waals surface area contributed by atoms with Gasteiger partial charge in [0.05, 0.1) is 19.8 Å². The minimum absolute atomic E-state index is 0.0338. The zero-order valence-electron chi connectivity index (χ0n) is 43.9. The van der Waals surface area contributed by atoms with Gasteiger partial charge in [0.25, 0.3) is 0 Å². The number of carbonyl (C=O) groups is 1. The molecule has 12 nitrogen and oxygen atoms in total. The predicted molar refractivity (Wildman–Crippen MR) is 280 cm³/mol. The second kappa shape index (κ2) is 47.3. The van der Waals surface area contributed by atoms with Gasteiger partial charge in [-0.25, -0.2) is 4.18 Å². The maximum Gasteiger partial charge on any atom is 0.397 e. The molecule has 1 fully saturated rings. The summed E-state index contributed by atoms with van der Waals surface area (Å²) in [7, 11) is -5.07. The normalized spacial score (nSPS) is 19.4. The molecule has 0 aromatic carbocycles. The van der Waals surface area contributed by atoms with Crippen LogP contribution in [0.25, 0.3) is 0 Å². The Kier molecular flexibility index (Phi) is 44.8. The molecule has 0 aliphatic carbocycles. The first-order valence-corrected chi connectivity index (χ1v) is 29.6. The summed E-state index contributed by atoms with van der Waals surface area (Å²) in [4.78, 5) is 12.9. The van der Waals surface area contributed by atoms with Crippen molar-refractivity contribution in [2.75, 3.05) is 26.4 Å². The highest BCUT2D eigenvalue weighted by atomic mass is 32.3. The summed E-state index contributed by atoms with van der Waals surface area (Å²) in [6.45, 7) is 3.91. The molecule has 406 valence electrons. The van der Waals surface area contributed by atoms with Crippen LogP contribution in [0.5, 0.6) is 0 Å². The van der Waals surface area contributed by atoms with E-state index < -0.39 is 59.8 Å². The highest BCUT2D eigenvalue weighted by Crippen LogP contribution is 2.26. The summed E-state index contributed by atoms with van der Waals surface area (Å²) >= 11 is 0. The van der Waals surface area contributed by atoms with Crippen LogP contribution < -0.4 is 0 Å². The molecule has 1 saturated heterocycles. The van der Waals surface area contributed by atoms with Gasteiger partial charge in [0.15, 0.2) is 6.29 Å². The lowest BCUT2D eigenvalue weighted by Gasteiger charge is -2.41. The number of ether oxygens (including phenoxy) is 4. The van der Waals surface area contributed by atoms with Crippen molar-refractivity contribution in [2.24, 2.45) is 0 Å². The van der Waals surface area contributed by atoms with Gasteiger partial charge in [-0.3, -0.25) is 9.35 Å². The lowest BCUT2D eigenvalue weighted by Crippen LogP contribution is -2.60. The molecular formula is C56H104O12S. The quantitative estimate of drug-likeness (QED) is 0.0196. The monoisotopic (exact) mass is 1000 g/mol. The van der Waals surface area contributed by atoms with Gasteiger partial charge in [-0.05, 0) is 44.9 Å². The van der Waals surface area contributed by atoms with E-state index in [1.54, 1.807) is 0 Å². The summed E-state index contributed by atoms with van der Waals surface area (Å²) in [5.74, 6) is -0.397. The van der Waals surface area contributed by atoms with Gasteiger partial charge in [-0.1, -0.05) is 237 Å². The van der Waals surface area contributed by atoms with E-state index >= 15 is 0 Å². The van der Waals surface area contributed by atoms with Crippen LogP contribution in [0.2, 0.25) is 0 Å². The van der Waals surface area contributed by atoms with Gasteiger partial charge in [-0.15, -0.1) is 0 Å². The zero-order valence-corrected chi connectivity index (χ0v) is 44.7. The van der Waals surface area contributed by atoms with Gasteiger partial charge in [0, 0.05) is 13.0 Å². The number of hydrogen-bond acceptors (Lipinski definition) is 11. The van der Waals surface area contributed by atoms with Crippen molar-refractivity contribution < 1.29 is 56.2 Å². The number of rotatable bonds is 50. The van der Waals surface area contributed by atoms with Crippen molar-refractivity contribution in [1.82, 2.24) is 0 Å². The Balaban J connectivity index is 2.29. The van der Waals surface area contributed by atoms with Crippen molar-refractivity contribution in [1.29, 1.82) is 0 Å². The fourth-order valence-electron chi connectivity index (χ4n) is 8.81. The third-order valence-corrected chi connectivity index (χ3v) is 13.5. The SMILES string of the molecule is CC/C=C\C/C=C\C/C=C\CCCCCCCCCCOCC(COC1OC(CO)C(O)C(OS(=O)(=O)O)C1O)OC(=O)CCCCCCCCCCCCCCCCCCCCCCCCCC. The van der Waals surface area contributed by atoms with Crippen LogP contribution in [0.4, 0.5) is 0 Å². The maximum absolute atomic E-state index is 12.9. The van der Waals surface area contributed by atoms with Crippen molar-refractivity contribution in [3.05, 3.63) is 36.5 Å². The average Bonchev–Trinajstić information content (AvgIpc) is 3.32. The Labute approximate surface area is 422 Å². The Hall–Kier alpha value is -1.68. The second-order valence-corrected chi connectivity index (χ2v) is 20.6. The molecule has 6 atom stereocenters. The second-order valence-electron chi connectivity index (χ2n) is 19.5. The molecule has 4 N–H and O–H groups in total. The minimum Gasteiger partial charge on any atom is -0.457 e. The van der Waals surface area contributed by atoms with E-state index in [0.29, 0.717) is 13.0 Å². The van der Waals surface area contributed by atoms with Crippen molar-refractivity contribution >= 4 is 16.4 Å². The van der Waals surface area contributed by atoms with Crippen LogP contribution in [-0.2, 0) is 38.3 Å². The molecule has 1 aliphatic rings. The number of allylic oxidation sites excluding steroid dienone is 6. The van der Waals surface area contributed by atoms with E-state index in [2.05, 4.69) is 54.5 Å². The molecule has 1 heterocycles. The molecule has 0 spiro atoms. The third-order valence-electron chi connectivity index (χ3n) is 13.0. The molecule has 0 amide bonds. The van der Waals surface area contributed by atoms with Crippen LogP contribution in [-0.4, -0.2) is 97.5 Å². The molecule has 13 heteroatoms. The van der Waals surface area contributed by atoms with E-state index in [-0.39, 0.29) is 19.6 Å². The van der Waals surface area contributed by atoms with Gasteiger partial charge in [-0.2, -0.15) is 8.42 Å². The Morgan fingerprint density at radius 3 is 1.46 bits per heavy atom. The largest absolute Gasteiger partial charge is 0.457 e. The molecule has 0 radical (unpaired) electrons. The first-order valence-electron chi connectivity index (χ1n) is 28.2. The fraction of sp³-hybridized carbons (Fsp3) is 0.875. The molecule has 0 bridgehead atoms. The van der Waals surface area contributed by atoms with Crippen molar-refractivity contribution in [2.45, 2.75) is 288 Å². The average molecular weight is 1000 g/mol. The molecule has 1 rings (SSSR count). The van der Waals surface area contributed by atoms with Crippen LogP contribution >= 0.6 is 0 Å². The molecule has 0 saturated carbocycles. The molecule has 1 aliphatic heterocycles. The number of unbranched alkanes of at least 4 members (excludes halogenated alkanes) is 31. The lowest BCUT2D eigenvalue weighted by molar-refractivity contribution is -0.301. The molecule has 69 heavy (non-hydrogen) atoms. The van der Waals surface area contributed by atoms with E-state index in [1.807, 2.05) is 0 Å². The number of esters is 1. The summed E-state index contributed by atoms with van der Waals surface area (Å²) in [5, 5.41) is 30.8. The van der Waals surface area contributed by atoms with Crippen LogP contribution in [0, 0.1) is 0 Å². The molecule has 6 unspecified atom stereocenters. The number of carbonyl (C=O) groups excluding carboxylic acids is 1. The summed E-state index contributed by atoms with van der Waals surface area (Å²) in [6.07, 6.45) is 49.0. The predicted octanol–water partition coefficient (Wildman–Crippen LogP) is 13.7. The smallest absolute Gasteiger partial charge is 0.397 e. The summed E-state index contributed by atoms with van der Waals surface area (Å²) in [6, 6.07) is 0. The van der Waals surface area contributed by atoms with E-state index in [9.17, 15) is 33.1 Å². The summed E-state index contributed by atoms with van der Waals surface area (Å²) < 4.78 is 59.4. The summed E-state index contributed by atoms with van der Waals surface area (Å²) in [5.41, 5.74) is 0. The van der Waals surface area contributed by atoms with E-state index in [1.165, 1.54) is 161 Å². The van der Waals surface area contributed by atoms with Crippen molar-refractivity contribution in [3.8, 4) is 0 Å². The lowest BCUT2D eigenvalue weighted by atomic mass is 9.99. The van der Waals surface area contributed by atoms with Crippen LogP contribution in [0.3, 0.4) is 0 Å². The number of aliphatic hydroxyl groups is 3. The highest BCUT2D eigenvalue weighted by molar-refractivity contribution is 7.80. The topological polar surface area (TPSA) is 178 Å². The molecule has 0 aromatic heterocycles. The van der Waals surface area contributed by atoms with Gasteiger partial charge in [0.1, 0.15) is 30.5 Å². The fourth-order valence-corrected chi connectivity index (χ4v) is 9.32. The van der Waals surface area contributed by atoms with Crippen LogP contribution in [0.15, 0.2) is 36.5 Å². The van der Waals surface area contributed by atoms with Crippen molar-refractivity contribution in [3.63, 3.8) is 0 Å². The first-order chi connectivity index (χ1) is 33.6. The van der Waals surface area contributed by atoms with E-state index in [0.717, 1.165) is 64.2 Å². The first kappa shape index (κ1) is 65.3. The number of hydrogen-bond donors (Lipinski definition) is 4. The maximum atomic E-state index is 12.9. The minimum atomic E-state index is -5.07. The van der Waals surface area contributed by atoms with Gasteiger partial charge < -0.3 is 34.3 Å². The highest BCUT2D eigenvalue weighted by Gasteiger charge is 2.48. The zero-order chi connectivity index (χ0) is 50.3. The Morgan fingerprint density at radius 2 is 1.00 bits per heavy atom. The Morgan fingerprint density at radius 1 is 0.565 bits per heavy atom. The van der Waals surface area contributed by atoms with Gasteiger partial charge >= 0.3 is 16.4 Å². The molecule has 0 aromatic rings. The number of aliphatic hydroxyl groups excluding tert-OH is 3.